The zero-order chi connectivity index (χ0) is 21.3. The van der Waals surface area contributed by atoms with Gasteiger partial charge < -0.3 is 0 Å². The number of hydrogen-bond donors (Lipinski definition) is 0. The Morgan fingerprint density at radius 2 is 1.62 bits per heavy atom. The number of fused-ring (bicyclic) bond motifs is 3. The van der Waals surface area contributed by atoms with E-state index in [1.807, 2.05) is 17.5 Å². The lowest BCUT2D eigenvalue weighted by Crippen LogP contribution is -2.09. The lowest BCUT2D eigenvalue weighted by Gasteiger charge is -2.21. The monoisotopic (exact) mass is 433 g/mol. The molecular weight excluding hydrogens is 406 g/mol. The number of pyridine rings is 1. The molecule has 6 rings (SSSR count). The van der Waals surface area contributed by atoms with Gasteiger partial charge in [-0.1, -0.05) is 80.6 Å². The Hall–Kier alpha value is -2.97. The molecule has 32 heavy (non-hydrogen) atoms. The van der Waals surface area contributed by atoms with Crippen molar-refractivity contribution >= 4 is 31.5 Å². The smallest absolute Gasteiger partial charge is 0.0704 e. The average molecular weight is 434 g/mol. The minimum Gasteiger partial charge on any atom is -0.256 e. The van der Waals surface area contributed by atoms with Gasteiger partial charge in [0.2, 0.25) is 0 Å². The Morgan fingerprint density at radius 1 is 0.750 bits per heavy atom. The van der Waals surface area contributed by atoms with Gasteiger partial charge in [0.15, 0.2) is 0 Å². The van der Waals surface area contributed by atoms with Crippen LogP contribution in [0.3, 0.4) is 0 Å². The maximum atomic E-state index is 4.76. The number of thiophene rings is 1. The summed E-state index contributed by atoms with van der Waals surface area (Å²) >= 11 is 1.88. The van der Waals surface area contributed by atoms with Crippen LogP contribution < -0.4 is 0 Å². The molecule has 0 N–H and O–H groups in total. The van der Waals surface area contributed by atoms with Gasteiger partial charge in [-0.25, -0.2) is 0 Å². The molecule has 1 fully saturated rings. The van der Waals surface area contributed by atoms with Crippen LogP contribution in [0.2, 0.25) is 0 Å². The number of nitrogens with zero attached hydrogens (tertiary/aromatic N) is 1. The van der Waals surface area contributed by atoms with Crippen LogP contribution in [0, 0.1) is 5.92 Å². The Kier molecular flexibility index (Phi) is 5.24. The largest absolute Gasteiger partial charge is 0.256 e. The zero-order valence-corrected chi connectivity index (χ0v) is 19.1. The topological polar surface area (TPSA) is 12.9 Å². The van der Waals surface area contributed by atoms with Crippen molar-refractivity contribution in [2.45, 2.75) is 38.5 Å². The van der Waals surface area contributed by atoms with Crippen molar-refractivity contribution in [3.8, 4) is 22.4 Å². The minimum atomic E-state index is 0.843. The van der Waals surface area contributed by atoms with Gasteiger partial charge in [0.05, 0.1) is 5.69 Å². The number of benzene rings is 3. The maximum Gasteiger partial charge on any atom is 0.0704 e. The summed E-state index contributed by atoms with van der Waals surface area (Å²) in [5.41, 5.74) is 6.32. The Balaban J connectivity index is 1.43. The van der Waals surface area contributed by atoms with Crippen LogP contribution in [0.15, 0.2) is 85.1 Å². The summed E-state index contributed by atoms with van der Waals surface area (Å²) in [6.45, 7) is 0. The predicted octanol–water partition coefficient (Wildman–Crippen LogP) is 8.91. The van der Waals surface area contributed by atoms with Crippen molar-refractivity contribution in [3.63, 3.8) is 0 Å². The molecule has 1 aliphatic rings. The van der Waals surface area contributed by atoms with Gasteiger partial charge >= 0.3 is 0 Å². The van der Waals surface area contributed by atoms with Crippen LogP contribution in [0.5, 0.6) is 0 Å². The van der Waals surface area contributed by atoms with Crippen molar-refractivity contribution in [1.82, 2.24) is 4.98 Å². The van der Waals surface area contributed by atoms with E-state index in [9.17, 15) is 0 Å². The number of aromatic nitrogens is 1. The zero-order valence-electron chi connectivity index (χ0n) is 18.3. The molecule has 3 aromatic carbocycles. The fraction of sp³-hybridized carbons (Fsp3) is 0.233. The highest BCUT2D eigenvalue weighted by molar-refractivity contribution is 7.25. The summed E-state index contributed by atoms with van der Waals surface area (Å²) in [4.78, 5) is 4.76. The van der Waals surface area contributed by atoms with E-state index in [4.69, 9.17) is 4.98 Å². The molecule has 2 aromatic heterocycles. The van der Waals surface area contributed by atoms with E-state index in [1.165, 1.54) is 81.0 Å². The second-order valence-electron chi connectivity index (χ2n) is 9.12. The van der Waals surface area contributed by atoms with Gasteiger partial charge in [0.25, 0.3) is 0 Å². The molecule has 1 nitrogen and oxygen atoms in total. The third-order valence-corrected chi connectivity index (χ3v) is 8.09. The van der Waals surface area contributed by atoms with Crippen molar-refractivity contribution in [1.29, 1.82) is 0 Å². The van der Waals surface area contributed by atoms with Crippen molar-refractivity contribution < 1.29 is 0 Å². The SMILES string of the molecule is c1ccc(-c2cccc3sc4ccc(-c5cc(CC6CCCCC6)ccn5)cc4c23)cc1. The highest BCUT2D eigenvalue weighted by Gasteiger charge is 2.15. The second kappa shape index (κ2) is 8.52. The van der Waals surface area contributed by atoms with E-state index < -0.39 is 0 Å². The third kappa shape index (κ3) is 3.73. The van der Waals surface area contributed by atoms with Gasteiger partial charge in [0, 0.05) is 31.9 Å². The van der Waals surface area contributed by atoms with Gasteiger partial charge in [-0.05, 0) is 59.4 Å². The molecule has 0 bridgehead atoms. The predicted molar refractivity (Wildman–Crippen MR) is 138 cm³/mol. The second-order valence-corrected chi connectivity index (χ2v) is 10.2. The summed E-state index contributed by atoms with van der Waals surface area (Å²) in [5, 5.41) is 2.69. The van der Waals surface area contributed by atoms with E-state index in [0.29, 0.717) is 0 Å². The normalized spacial score (nSPS) is 14.9. The summed E-state index contributed by atoms with van der Waals surface area (Å²) in [6.07, 6.45) is 10.2. The van der Waals surface area contributed by atoms with Crippen molar-refractivity contribution in [2.75, 3.05) is 0 Å². The first kappa shape index (κ1) is 19.7. The lowest BCUT2D eigenvalue weighted by molar-refractivity contribution is 0.356. The molecule has 1 aliphatic carbocycles. The van der Waals surface area contributed by atoms with Crippen LogP contribution in [-0.4, -0.2) is 4.98 Å². The van der Waals surface area contributed by atoms with Crippen LogP contribution >= 0.6 is 11.3 Å². The van der Waals surface area contributed by atoms with E-state index in [0.717, 1.165) is 11.6 Å². The van der Waals surface area contributed by atoms with Gasteiger partial charge in [-0.3, -0.25) is 4.98 Å². The van der Waals surface area contributed by atoms with Crippen molar-refractivity contribution in [2.24, 2.45) is 5.92 Å². The molecular formula is C30H27NS. The minimum absolute atomic E-state index is 0.843. The molecule has 2 heteroatoms. The molecule has 0 amide bonds. The summed E-state index contributed by atoms with van der Waals surface area (Å²) in [7, 11) is 0. The van der Waals surface area contributed by atoms with E-state index in [2.05, 4.69) is 78.9 Å². The third-order valence-electron chi connectivity index (χ3n) is 6.95. The Labute approximate surface area is 193 Å². The van der Waals surface area contributed by atoms with E-state index in [1.54, 1.807) is 0 Å². The van der Waals surface area contributed by atoms with Crippen LogP contribution in [0.1, 0.15) is 37.7 Å². The molecule has 0 atom stereocenters. The summed E-state index contributed by atoms with van der Waals surface area (Å²) < 4.78 is 2.68. The van der Waals surface area contributed by atoms with Crippen LogP contribution in [0.25, 0.3) is 42.6 Å². The number of rotatable bonds is 4. The standard InChI is InChI=1S/C30H27NS/c1-3-8-21(9-4-1)18-22-16-17-31-27(19-22)24-14-15-28-26(20-24)30-25(12-7-13-29(30)32-28)23-10-5-2-6-11-23/h2,5-7,10-17,19-21H,1,3-4,8-9,18H2. The Morgan fingerprint density at radius 3 is 2.50 bits per heavy atom. The molecule has 0 unspecified atom stereocenters. The average Bonchev–Trinajstić information content (AvgIpc) is 3.23. The van der Waals surface area contributed by atoms with Gasteiger partial charge in [-0.15, -0.1) is 11.3 Å². The number of hydrogen-bond acceptors (Lipinski definition) is 2. The van der Waals surface area contributed by atoms with Gasteiger partial charge in [0.1, 0.15) is 0 Å². The molecule has 0 spiro atoms. The van der Waals surface area contributed by atoms with Crippen LogP contribution in [0.4, 0.5) is 0 Å². The lowest BCUT2D eigenvalue weighted by atomic mass is 9.85. The fourth-order valence-electron chi connectivity index (χ4n) is 5.33. The first-order chi connectivity index (χ1) is 15.8. The van der Waals surface area contributed by atoms with Crippen molar-refractivity contribution in [3.05, 3.63) is 90.6 Å². The highest BCUT2D eigenvalue weighted by atomic mass is 32.1. The molecule has 1 saturated carbocycles. The highest BCUT2D eigenvalue weighted by Crippen LogP contribution is 2.41. The molecule has 0 radical (unpaired) electrons. The first-order valence-corrected chi connectivity index (χ1v) is 12.6. The maximum absolute atomic E-state index is 4.76. The molecule has 158 valence electrons. The molecule has 0 aliphatic heterocycles. The summed E-state index contributed by atoms with van der Waals surface area (Å²) in [6, 6.07) is 28.8. The molecule has 2 heterocycles. The molecule has 5 aromatic rings. The quantitative estimate of drug-likeness (QED) is 0.276. The summed E-state index contributed by atoms with van der Waals surface area (Å²) in [5.74, 6) is 0.843. The van der Waals surface area contributed by atoms with E-state index >= 15 is 0 Å². The molecule has 0 saturated heterocycles. The first-order valence-electron chi connectivity index (χ1n) is 11.8. The van der Waals surface area contributed by atoms with Crippen LogP contribution in [-0.2, 0) is 6.42 Å². The fourth-order valence-corrected chi connectivity index (χ4v) is 6.44. The van der Waals surface area contributed by atoms with E-state index in [-0.39, 0.29) is 0 Å². The van der Waals surface area contributed by atoms with Gasteiger partial charge in [-0.2, -0.15) is 0 Å². The Bertz CT molecular complexity index is 1380.